The highest BCUT2D eigenvalue weighted by Crippen LogP contribution is 2.22. The lowest BCUT2D eigenvalue weighted by atomic mass is 10.1. The fraction of sp³-hybridized carbons (Fsp3) is 0.167. The molecule has 7 heteroatoms. The van der Waals surface area contributed by atoms with Crippen molar-refractivity contribution in [3.05, 3.63) is 66.1 Å². The number of amides is 1. The fourth-order valence-electron chi connectivity index (χ4n) is 2.12. The Bertz CT molecular complexity index is 820. The Morgan fingerprint density at radius 2 is 1.80 bits per heavy atom. The molecule has 0 aliphatic carbocycles. The average Bonchev–Trinajstić information content (AvgIpc) is 3.08. The summed E-state index contributed by atoms with van der Waals surface area (Å²) in [5.41, 5.74) is 0.940. The lowest BCUT2D eigenvalue weighted by Gasteiger charge is -2.02. The molecule has 0 bridgehead atoms. The Balaban J connectivity index is 1.50. The van der Waals surface area contributed by atoms with Crippen LogP contribution in [-0.2, 0) is 17.0 Å². The van der Waals surface area contributed by atoms with Gasteiger partial charge in [-0.15, -0.1) is 28.6 Å². The van der Waals surface area contributed by atoms with Crippen LogP contribution in [0.25, 0.3) is 0 Å². The van der Waals surface area contributed by atoms with Crippen LogP contribution in [0.3, 0.4) is 0 Å². The first-order valence-corrected chi connectivity index (χ1v) is 9.87. The van der Waals surface area contributed by atoms with Crippen molar-refractivity contribution in [2.75, 3.05) is 11.6 Å². The van der Waals surface area contributed by atoms with Gasteiger partial charge < -0.3 is 4.42 Å². The summed E-state index contributed by atoms with van der Waals surface area (Å²) in [4.78, 5) is 14.4. The molecule has 25 heavy (non-hydrogen) atoms. The number of carbonyl (C=O) groups excluding carboxylic acids is 1. The molecule has 0 unspecified atom stereocenters. The summed E-state index contributed by atoms with van der Waals surface area (Å²) in [6.45, 7) is 0. The zero-order valence-corrected chi connectivity index (χ0v) is 15.3. The van der Waals surface area contributed by atoms with E-state index in [1.165, 1.54) is 4.90 Å². The second kappa shape index (κ2) is 8.73. The summed E-state index contributed by atoms with van der Waals surface area (Å²) in [5.74, 6) is 0.861. The summed E-state index contributed by atoms with van der Waals surface area (Å²) in [7, 11) is 0. The molecule has 5 nitrogen and oxygen atoms in total. The normalized spacial score (nSPS) is 10.6. The number of thioether (sulfide) groups is 2. The lowest BCUT2D eigenvalue weighted by Crippen LogP contribution is -2.14. The van der Waals surface area contributed by atoms with Gasteiger partial charge in [0.2, 0.25) is 11.8 Å². The molecule has 1 heterocycles. The number of aromatic nitrogens is 2. The summed E-state index contributed by atoms with van der Waals surface area (Å²) in [6, 6.07) is 18.0. The van der Waals surface area contributed by atoms with Crippen molar-refractivity contribution in [3.63, 3.8) is 0 Å². The van der Waals surface area contributed by atoms with Crippen LogP contribution in [0.2, 0.25) is 0 Å². The quantitative estimate of drug-likeness (QED) is 0.626. The minimum atomic E-state index is -0.178. The minimum absolute atomic E-state index is 0.134. The van der Waals surface area contributed by atoms with Crippen LogP contribution < -0.4 is 5.32 Å². The predicted molar refractivity (Wildman–Crippen MR) is 101 cm³/mol. The van der Waals surface area contributed by atoms with Crippen LogP contribution in [0.4, 0.5) is 6.01 Å². The lowest BCUT2D eigenvalue weighted by molar-refractivity contribution is -0.115. The van der Waals surface area contributed by atoms with Crippen LogP contribution in [0.5, 0.6) is 0 Å². The molecule has 0 aliphatic heterocycles. The summed E-state index contributed by atoms with van der Waals surface area (Å²) in [6.07, 6.45) is 2.29. The van der Waals surface area contributed by atoms with E-state index >= 15 is 0 Å². The van der Waals surface area contributed by atoms with Crippen LogP contribution in [0, 0.1) is 0 Å². The van der Waals surface area contributed by atoms with Gasteiger partial charge in [-0.05, 0) is 36.1 Å². The van der Waals surface area contributed by atoms with E-state index < -0.39 is 0 Å². The number of hydrogen-bond acceptors (Lipinski definition) is 6. The molecule has 0 spiro atoms. The molecular formula is C18H17N3O2S2. The van der Waals surface area contributed by atoms with Gasteiger partial charge in [0.25, 0.3) is 0 Å². The molecule has 2 aromatic carbocycles. The average molecular weight is 371 g/mol. The third kappa shape index (κ3) is 5.37. The number of nitrogens with zero attached hydrogens (tertiary/aromatic N) is 2. The molecule has 3 rings (SSSR count). The maximum Gasteiger partial charge on any atom is 0.322 e. The molecule has 1 N–H and O–H groups in total. The molecule has 0 saturated heterocycles. The summed E-state index contributed by atoms with van der Waals surface area (Å²) in [5, 5.41) is 10.5. The Morgan fingerprint density at radius 3 is 2.52 bits per heavy atom. The molecule has 1 amide bonds. The topological polar surface area (TPSA) is 68.0 Å². The van der Waals surface area contributed by atoms with Gasteiger partial charge in [0.05, 0.1) is 12.2 Å². The maximum atomic E-state index is 12.1. The first-order valence-electron chi connectivity index (χ1n) is 7.66. The molecular weight excluding hydrogens is 354 g/mol. The first kappa shape index (κ1) is 17.6. The highest BCUT2D eigenvalue weighted by Gasteiger charge is 2.11. The zero-order valence-electron chi connectivity index (χ0n) is 13.6. The number of hydrogen-bond donors (Lipinski definition) is 1. The van der Waals surface area contributed by atoms with Gasteiger partial charge in [-0.1, -0.05) is 35.4 Å². The summed E-state index contributed by atoms with van der Waals surface area (Å²) >= 11 is 3.27. The molecule has 0 atom stereocenters. The van der Waals surface area contributed by atoms with E-state index in [1.54, 1.807) is 23.5 Å². The van der Waals surface area contributed by atoms with Crippen molar-refractivity contribution in [3.8, 4) is 0 Å². The molecule has 0 fully saturated rings. The molecule has 0 aliphatic rings. The molecule has 0 saturated carbocycles. The number of carbonyl (C=O) groups is 1. The molecule has 128 valence electrons. The van der Waals surface area contributed by atoms with E-state index in [9.17, 15) is 4.79 Å². The van der Waals surface area contributed by atoms with E-state index in [-0.39, 0.29) is 18.3 Å². The summed E-state index contributed by atoms with van der Waals surface area (Å²) < 4.78 is 5.47. The van der Waals surface area contributed by atoms with Crippen LogP contribution >= 0.6 is 23.5 Å². The smallest absolute Gasteiger partial charge is 0.322 e. The van der Waals surface area contributed by atoms with Gasteiger partial charge in [-0.25, -0.2) is 0 Å². The van der Waals surface area contributed by atoms with Crippen molar-refractivity contribution < 1.29 is 9.21 Å². The van der Waals surface area contributed by atoms with E-state index in [2.05, 4.69) is 15.5 Å². The van der Waals surface area contributed by atoms with Crippen LogP contribution in [0.1, 0.15) is 11.5 Å². The van der Waals surface area contributed by atoms with Gasteiger partial charge >= 0.3 is 6.01 Å². The van der Waals surface area contributed by atoms with Gasteiger partial charge in [0, 0.05) is 9.79 Å². The predicted octanol–water partition coefficient (Wildman–Crippen LogP) is 4.27. The second-order valence-electron chi connectivity index (χ2n) is 5.18. The standard InChI is InChI=1S/C18H17N3O2S2/c1-24-14-9-7-13(8-10-14)11-16(22)19-18-21-20-17(23-18)12-25-15-5-3-2-4-6-15/h2-10H,11-12H2,1H3,(H,19,21,22). The number of benzene rings is 2. The number of anilines is 1. The Hall–Kier alpha value is -2.25. The zero-order chi connectivity index (χ0) is 17.5. The third-order valence-corrected chi connectivity index (χ3v) is 5.08. The SMILES string of the molecule is CSc1ccc(CC(=O)Nc2nnc(CSc3ccccc3)o2)cc1. The molecule has 3 aromatic rings. The minimum Gasteiger partial charge on any atom is -0.407 e. The van der Waals surface area contributed by atoms with Crippen LogP contribution in [0.15, 0.2) is 68.8 Å². The Kier molecular flexibility index (Phi) is 6.14. The largest absolute Gasteiger partial charge is 0.407 e. The van der Waals surface area contributed by atoms with E-state index in [1.807, 2.05) is 60.9 Å². The van der Waals surface area contributed by atoms with Crippen LogP contribution in [-0.4, -0.2) is 22.4 Å². The first-order chi connectivity index (χ1) is 12.2. The second-order valence-corrected chi connectivity index (χ2v) is 7.10. The molecule has 0 radical (unpaired) electrons. The van der Waals surface area contributed by atoms with Crippen molar-refractivity contribution >= 4 is 35.4 Å². The van der Waals surface area contributed by atoms with Gasteiger partial charge in [0.1, 0.15) is 0 Å². The van der Waals surface area contributed by atoms with Gasteiger partial charge in [0.15, 0.2) is 0 Å². The highest BCUT2D eigenvalue weighted by molar-refractivity contribution is 7.98. The maximum absolute atomic E-state index is 12.1. The monoisotopic (exact) mass is 371 g/mol. The van der Waals surface area contributed by atoms with Gasteiger partial charge in [-0.2, -0.15) is 0 Å². The molecule has 1 aromatic heterocycles. The Morgan fingerprint density at radius 1 is 1.04 bits per heavy atom. The number of rotatable bonds is 7. The fourth-order valence-corrected chi connectivity index (χ4v) is 3.28. The van der Waals surface area contributed by atoms with Crippen molar-refractivity contribution in [2.45, 2.75) is 22.0 Å². The van der Waals surface area contributed by atoms with Gasteiger partial charge in [-0.3, -0.25) is 10.1 Å². The van der Waals surface area contributed by atoms with E-state index in [4.69, 9.17) is 4.42 Å². The van der Waals surface area contributed by atoms with E-state index in [0.717, 1.165) is 10.5 Å². The highest BCUT2D eigenvalue weighted by atomic mass is 32.2. The van der Waals surface area contributed by atoms with Crippen molar-refractivity contribution in [2.24, 2.45) is 0 Å². The van der Waals surface area contributed by atoms with Crippen molar-refractivity contribution in [1.29, 1.82) is 0 Å². The third-order valence-electron chi connectivity index (χ3n) is 3.34. The van der Waals surface area contributed by atoms with E-state index in [0.29, 0.717) is 11.6 Å². The number of nitrogens with one attached hydrogen (secondary N) is 1. The van der Waals surface area contributed by atoms with Crippen molar-refractivity contribution in [1.82, 2.24) is 10.2 Å². The Labute approximate surface area is 154 Å².